The molecule has 0 fully saturated rings. The summed E-state index contributed by atoms with van der Waals surface area (Å²) in [5, 5.41) is 10.8. The maximum absolute atomic E-state index is 12.4. The topological polar surface area (TPSA) is 94.1 Å². The highest BCUT2D eigenvalue weighted by atomic mass is 16.5. The molecule has 7 nitrogen and oxygen atoms in total. The van der Waals surface area contributed by atoms with Crippen LogP contribution in [0.3, 0.4) is 0 Å². The number of hydrogen-bond acceptors (Lipinski definition) is 6. The van der Waals surface area contributed by atoms with Gasteiger partial charge in [0.1, 0.15) is 11.8 Å². The highest BCUT2D eigenvalue weighted by Crippen LogP contribution is 2.34. The van der Waals surface area contributed by atoms with Crippen LogP contribution in [0.1, 0.15) is 52.5 Å². The van der Waals surface area contributed by atoms with Gasteiger partial charge in [-0.25, -0.2) is 0 Å². The molecular formula is C18H18N4O3. The maximum Gasteiger partial charge on any atom is 0.256 e. The van der Waals surface area contributed by atoms with Crippen LogP contribution in [0, 0.1) is 6.92 Å². The normalized spacial score (nSPS) is 16.0. The van der Waals surface area contributed by atoms with E-state index in [1.807, 2.05) is 19.1 Å². The first-order valence-electron chi connectivity index (χ1n) is 8.33. The summed E-state index contributed by atoms with van der Waals surface area (Å²) < 4.78 is 10.0. The molecule has 2 aromatic heterocycles. The van der Waals surface area contributed by atoms with E-state index in [4.69, 9.17) is 9.05 Å². The van der Waals surface area contributed by atoms with E-state index in [0.717, 1.165) is 24.0 Å². The van der Waals surface area contributed by atoms with E-state index in [0.29, 0.717) is 29.4 Å². The second-order valence-corrected chi connectivity index (χ2v) is 6.16. The van der Waals surface area contributed by atoms with Crippen molar-refractivity contribution in [2.24, 2.45) is 0 Å². The molecule has 1 aliphatic rings. The molecule has 0 aliphatic heterocycles. The molecule has 1 aromatic carbocycles. The molecule has 0 saturated carbocycles. The van der Waals surface area contributed by atoms with Crippen molar-refractivity contribution in [3.05, 3.63) is 52.7 Å². The highest BCUT2D eigenvalue weighted by molar-refractivity contribution is 5.95. The van der Waals surface area contributed by atoms with E-state index in [1.165, 1.54) is 11.8 Å². The van der Waals surface area contributed by atoms with Gasteiger partial charge in [-0.05, 0) is 37.0 Å². The number of fused-ring (bicyclic) bond motifs is 1. The van der Waals surface area contributed by atoms with Crippen LogP contribution < -0.4 is 5.32 Å². The van der Waals surface area contributed by atoms with Crippen molar-refractivity contribution in [1.29, 1.82) is 0 Å². The summed E-state index contributed by atoms with van der Waals surface area (Å²) in [6, 6.07) is 6.07. The van der Waals surface area contributed by atoms with Gasteiger partial charge in [0.15, 0.2) is 0 Å². The molecule has 7 heteroatoms. The molecule has 128 valence electrons. The first-order chi connectivity index (χ1) is 12.2. The van der Waals surface area contributed by atoms with Crippen LogP contribution in [0.5, 0.6) is 0 Å². The number of rotatable bonds is 4. The van der Waals surface area contributed by atoms with E-state index in [9.17, 15) is 4.79 Å². The summed E-state index contributed by atoms with van der Waals surface area (Å²) in [6.45, 7) is 3.73. The number of nitrogens with one attached hydrogen (secondary N) is 1. The van der Waals surface area contributed by atoms with Gasteiger partial charge in [0.25, 0.3) is 5.91 Å². The van der Waals surface area contributed by atoms with E-state index in [2.05, 4.69) is 26.7 Å². The van der Waals surface area contributed by atoms with E-state index < -0.39 is 0 Å². The third kappa shape index (κ3) is 2.82. The number of amides is 1. The smallest absolute Gasteiger partial charge is 0.256 e. The predicted molar refractivity (Wildman–Crippen MR) is 88.9 cm³/mol. The van der Waals surface area contributed by atoms with E-state index >= 15 is 0 Å². The molecule has 1 atom stereocenters. The number of aromatic nitrogens is 3. The summed E-state index contributed by atoms with van der Waals surface area (Å²) in [6.07, 6.45) is 3.86. The number of nitrogens with zero attached hydrogens (tertiary/aromatic N) is 3. The highest BCUT2D eigenvalue weighted by Gasteiger charge is 2.26. The first-order valence-corrected chi connectivity index (χ1v) is 8.33. The molecule has 0 bridgehead atoms. The Kier molecular flexibility index (Phi) is 3.83. The van der Waals surface area contributed by atoms with Crippen LogP contribution in [0.4, 0.5) is 0 Å². The Morgan fingerprint density at radius 3 is 2.96 bits per heavy atom. The van der Waals surface area contributed by atoms with Gasteiger partial charge in [0, 0.05) is 12.0 Å². The fourth-order valence-electron chi connectivity index (χ4n) is 3.17. The summed E-state index contributed by atoms with van der Waals surface area (Å²) in [4.78, 5) is 16.7. The third-order valence-electron chi connectivity index (χ3n) is 4.55. The number of carbonyl (C=O) groups excluding carboxylic acids is 1. The SMILES string of the molecule is CCc1nc(-c2ccc3c(c2)CCC3NC(=O)c2conc2C)no1. The predicted octanol–water partition coefficient (Wildman–Crippen LogP) is 3.01. The van der Waals surface area contributed by atoms with Crippen molar-refractivity contribution in [2.75, 3.05) is 0 Å². The summed E-state index contributed by atoms with van der Waals surface area (Å²) in [5.41, 5.74) is 4.33. The lowest BCUT2D eigenvalue weighted by Crippen LogP contribution is -2.27. The Bertz CT molecular complexity index is 928. The number of hydrogen-bond donors (Lipinski definition) is 1. The van der Waals surface area contributed by atoms with Crippen LogP contribution in [0.2, 0.25) is 0 Å². The molecule has 4 rings (SSSR count). The van der Waals surface area contributed by atoms with Crippen LogP contribution in [0.25, 0.3) is 11.4 Å². The maximum atomic E-state index is 12.4. The lowest BCUT2D eigenvalue weighted by atomic mass is 10.0. The zero-order valence-corrected chi connectivity index (χ0v) is 14.1. The molecule has 25 heavy (non-hydrogen) atoms. The second kappa shape index (κ2) is 6.16. The van der Waals surface area contributed by atoms with Crippen molar-refractivity contribution in [3.63, 3.8) is 0 Å². The molecule has 1 amide bonds. The van der Waals surface area contributed by atoms with Crippen LogP contribution >= 0.6 is 0 Å². The van der Waals surface area contributed by atoms with Crippen LogP contribution in [-0.2, 0) is 12.8 Å². The number of benzene rings is 1. The summed E-state index contributed by atoms with van der Waals surface area (Å²) >= 11 is 0. The van der Waals surface area contributed by atoms with Crippen molar-refractivity contribution in [2.45, 2.75) is 39.2 Å². The average molecular weight is 338 g/mol. The van der Waals surface area contributed by atoms with Gasteiger partial charge in [-0.3, -0.25) is 4.79 Å². The summed E-state index contributed by atoms with van der Waals surface area (Å²) in [5.74, 6) is 1.07. The van der Waals surface area contributed by atoms with Gasteiger partial charge in [-0.1, -0.05) is 29.4 Å². The molecule has 1 unspecified atom stereocenters. The first kappa shape index (κ1) is 15.6. The van der Waals surface area contributed by atoms with Gasteiger partial charge in [0.2, 0.25) is 11.7 Å². The van der Waals surface area contributed by atoms with Gasteiger partial charge in [-0.15, -0.1) is 0 Å². The minimum Gasteiger partial charge on any atom is -0.364 e. The molecule has 0 radical (unpaired) electrons. The Labute approximate surface area is 144 Å². The van der Waals surface area contributed by atoms with Crippen molar-refractivity contribution in [1.82, 2.24) is 20.6 Å². The standard InChI is InChI=1S/C18H18N4O3/c1-3-16-20-17(22-25-16)12-4-6-13-11(8-12)5-7-15(13)19-18(23)14-9-24-21-10(14)2/h4,6,8-9,15H,3,5,7H2,1-2H3,(H,19,23). The average Bonchev–Trinajstić information content (AvgIpc) is 3.34. The second-order valence-electron chi connectivity index (χ2n) is 6.16. The molecular weight excluding hydrogens is 320 g/mol. The van der Waals surface area contributed by atoms with E-state index in [1.54, 1.807) is 6.92 Å². The van der Waals surface area contributed by atoms with Crippen LogP contribution in [-0.4, -0.2) is 21.2 Å². The molecule has 1 N–H and O–H groups in total. The third-order valence-corrected chi connectivity index (χ3v) is 4.55. The van der Waals surface area contributed by atoms with Crippen molar-refractivity contribution >= 4 is 5.91 Å². The minimum atomic E-state index is -0.161. The fourth-order valence-corrected chi connectivity index (χ4v) is 3.17. The summed E-state index contributed by atoms with van der Waals surface area (Å²) in [7, 11) is 0. The molecule has 1 aliphatic carbocycles. The van der Waals surface area contributed by atoms with Crippen LogP contribution in [0.15, 0.2) is 33.5 Å². The van der Waals surface area contributed by atoms with Gasteiger partial charge < -0.3 is 14.4 Å². The van der Waals surface area contributed by atoms with Gasteiger partial charge in [0.05, 0.1) is 11.7 Å². The van der Waals surface area contributed by atoms with Crippen molar-refractivity contribution in [3.8, 4) is 11.4 Å². The lowest BCUT2D eigenvalue weighted by molar-refractivity contribution is 0.0935. The molecule has 2 heterocycles. The van der Waals surface area contributed by atoms with Gasteiger partial charge in [-0.2, -0.15) is 4.98 Å². The molecule has 0 spiro atoms. The minimum absolute atomic E-state index is 0.0117. The zero-order chi connectivity index (χ0) is 17.4. The Morgan fingerprint density at radius 1 is 1.36 bits per heavy atom. The quantitative estimate of drug-likeness (QED) is 0.786. The molecule has 0 saturated heterocycles. The molecule has 3 aromatic rings. The fraction of sp³-hybridized carbons (Fsp3) is 0.333. The Balaban J connectivity index is 1.55. The van der Waals surface area contributed by atoms with Crippen molar-refractivity contribution < 1.29 is 13.8 Å². The Morgan fingerprint density at radius 2 is 2.24 bits per heavy atom. The lowest BCUT2D eigenvalue weighted by Gasteiger charge is -2.13. The van der Waals surface area contributed by atoms with E-state index in [-0.39, 0.29) is 11.9 Å². The monoisotopic (exact) mass is 338 g/mol. The number of aryl methyl sites for hydroxylation is 3. The largest absolute Gasteiger partial charge is 0.364 e. The Hall–Kier alpha value is -2.96. The number of carbonyl (C=O) groups is 1. The van der Waals surface area contributed by atoms with Gasteiger partial charge >= 0.3 is 0 Å². The zero-order valence-electron chi connectivity index (χ0n) is 14.1.